The number of hydrogen-bond donors (Lipinski definition) is 1. The van der Waals surface area contributed by atoms with Crippen molar-refractivity contribution < 1.29 is 5.11 Å². The van der Waals surface area contributed by atoms with E-state index in [2.05, 4.69) is 33.1 Å². The smallest absolute Gasteiger partial charge is 0.0836 e. The Hall–Kier alpha value is -0.340. The first-order chi connectivity index (χ1) is 6.39. The Morgan fingerprint density at radius 2 is 1.86 bits per heavy atom. The zero-order valence-corrected chi connectivity index (χ0v) is 10.1. The van der Waals surface area contributed by atoms with Crippen LogP contribution in [-0.4, -0.2) is 5.11 Å². The van der Waals surface area contributed by atoms with E-state index in [4.69, 9.17) is 0 Å². The Kier molecular flexibility index (Phi) is 2.06. The van der Waals surface area contributed by atoms with E-state index < -0.39 is 0 Å². The summed E-state index contributed by atoms with van der Waals surface area (Å²) in [7, 11) is 0. The highest BCUT2D eigenvalue weighted by atomic mass is 32.1. The molecule has 2 rings (SSSR count). The molecule has 1 aliphatic carbocycles. The maximum atomic E-state index is 10.2. The molecule has 0 saturated heterocycles. The molecule has 1 N–H and O–H groups in total. The van der Waals surface area contributed by atoms with Gasteiger partial charge in [0.1, 0.15) is 0 Å². The minimum absolute atomic E-state index is 0.258. The Labute approximate surface area is 89.8 Å². The van der Waals surface area contributed by atoms with Gasteiger partial charge in [0.2, 0.25) is 0 Å². The van der Waals surface area contributed by atoms with E-state index >= 15 is 0 Å². The fraction of sp³-hybridized carbons (Fsp3) is 0.667. The van der Waals surface area contributed by atoms with E-state index in [1.54, 1.807) is 11.3 Å². The molecule has 1 aliphatic rings. The molecule has 1 aromatic heterocycles. The molecule has 0 aliphatic heterocycles. The molecule has 78 valence electrons. The highest BCUT2D eigenvalue weighted by molar-refractivity contribution is 7.07. The molecule has 1 saturated carbocycles. The van der Waals surface area contributed by atoms with E-state index in [1.807, 2.05) is 11.4 Å². The van der Waals surface area contributed by atoms with Crippen LogP contribution in [0, 0.1) is 16.7 Å². The van der Waals surface area contributed by atoms with Crippen molar-refractivity contribution in [2.75, 3.05) is 0 Å². The SMILES string of the molecule is CC1(C)C(C(O)c2ccsc2)C1(C)C. The van der Waals surface area contributed by atoms with E-state index in [9.17, 15) is 5.11 Å². The molecule has 1 heterocycles. The van der Waals surface area contributed by atoms with Crippen LogP contribution in [0.5, 0.6) is 0 Å². The second kappa shape index (κ2) is 2.83. The number of aliphatic hydroxyl groups is 1. The highest BCUT2D eigenvalue weighted by Gasteiger charge is 2.67. The van der Waals surface area contributed by atoms with Crippen molar-refractivity contribution in [3.8, 4) is 0 Å². The predicted octanol–water partition coefficient (Wildman–Crippen LogP) is 3.46. The van der Waals surface area contributed by atoms with Crippen molar-refractivity contribution in [1.82, 2.24) is 0 Å². The van der Waals surface area contributed by atoms with E-state index in [-0.39, 0.29) is 16.9 Å². The second-order valence-corrected chi connectivity index (χ2v) is 6.20. The van der Waals surface area contributed by atoms with Crippen LogP contribution in [0.3, 0.4) is 0 Å². The van der Waals surface area contributed by atoms with Crippen molar-refractivity contribution in [2.24, 2.45) is 16.7 Å². The second-order valence-electron chi connectivity index (χ2n) is 5.42. The number of thiophene rings is 1. The van der Waals surface area contributed by atoms with E-state index in [1.165, 1.54) is 0 Å². The molecule has 1 unspecified atom stereocenters. The Morgan fingerprint density at radius 1 is 1.29 bits per heavy atom. The maximum absolute atomic E-state index is 10.2. The first-order valence-electron chi connectivity index (χ1n) is 5.09. The monoisotopic (exact) mass is 210 g/mol. The van der Waals surface area contributed by atoms with Gasteiger partial charge in [0.15, 0.2) is 0 Å². The van der Waals surface area contributed by atoms with Gasteiger partial charge in [-0.1, -0.05) is 27.7 Å². The van der Waals surface area contributed by atoms with Gasteiger partial charge in [-0.25, -0.2) is 0 Å². The van der Waals surface area contributed by atoms with E-state index in [0.29, 0.717) is 5.92 Å². The summed E-state index contributed by atoms with van der Waals surface area (Å²) < 4.78 is 0. The molecule has 2 heteroatoms. The molecule has 0 aromatic carbocycles. The third-order valence-corrected chi connectivity index (χ3v) is 5.03. The lowest BCUT2D eigenvalue weighted by Gasteiger charge is -2.10. The van der Waals surface area contributed by atoms with Crippen LogP contribution < -0.4 is 0 Å². The normalized spacial score (nSPS) is 26.1. The van der Waals surface area contributed by atoms with Gasteiger partial charge >= 0.3 is 0 Å². The molecular weight excluding hydrogens is 192 g/mol. The Balaban J connectivity index is 2.20. The van der Waals surface area contributed by atoms with Crippen LogP contribution in [0.15, 0.2) is 16.8 Å². The minimum atomic E-state index is -0.286. The molecule has 1 atom stereocenters. The standard InChI is InChI=1S/C12H18OS/c1-11(2)10(12(11,3)4)9(13)8-5-6-14-7-8/h5-7,9-10,13H,1-4H3. The van der Waals surface area contributed by atoms with Crippen molar-refractivity contribution in [2.45, 2.75) is 33.8 Å². The van der Waals surface area contributed by atoms with Gasteiger partial charge in [-0.2, -0.15) is 11.3 Å². The zero-order chi connectivity index (χ0) is 10.6. The molecule has 1 fully saturated rings. The van der Waals surface area contributed by atoms with Gasteiger partial charge in [-0.05, 0) is 33.2 Å². The minimum Gasteiger partial charge on any atom is -0.388 e. The van der Waals surface area contributed by atoms with Crippen LogP contribution in [0.25, 0.3) is 0 Å². The molecule has 0 radical (unpaired) electrons. The van der Waals surface area contributed by atoms with Crippen LogP contribution in [0.2, 0.25) is 0 Å². The van der Waals surface area contributed by atoms with Gasteiger partial charge in [0, 0.05) is 5.92 Å². The van der Waals surface area contributed by atoms with Crippen molar-refractivity contribution in [3.05, 3.63) is 22.4 Å². The van der Waals surface area contributed by atoms with Crippen LogP contribution in [0.4, 0.5) is 0 Å². The molecular formula is C12H18OS. The number of hydrogen-bond acceptors (Lipinski definition) is 2. The van der Waals surface area contributed by atoms with Gasteiger partial charge in [-0.15, -0.1) is 0 Å². The van der Waals surface area contributed by atoms with Crippen molar-refractivity contribution >= 4 is 11.3 Å². The Bertz CT molecular complexity index is 310. The molecule has 0 amide bonds. The highest BCUT2D eigenvalue weighted by Crippen LogP contribution is 2.72. The summed E-state index contributed by atoms with van der Waals surface area (Å²) in [5.41, 5.74) is 1.60. The molecule has 1 aromatic rings. The quantitative estimate of drug-likeness (QED) is 0.792. The van der Waals surface area contributed by atoms with E-state index in [0.717, 1.165) is 5.56 Å². The maximum Gasteiger partial charge on any atom is 0.0836 e. The van der Waals surface area contributed by atoms with Gasteiger partial charge in [0.25, 0.3) is 0 Å². The van der Waals surface area contributed by atoms with Crippen LogP contribution in [-0.2, 0) is 0 Å². The third-order valence-electron chi connectivity index (χ3n) is 4.33. The summed E-state index contributed by atoms with van der Waals surface area (Å²) in [5.74, 6) is 0.393. The number of aliphatic hydroxyl groups excluding tert-OH is 1. The summed E-state index contributed by atoms with van der Waals surface area (Å²) >= 11 is 1.65. The predicted molar refractivity (Wildman–Crippen MR) is 60.3 cm³/mol. The average molecular weight is 210 g/mol. The fourth-order valence-corrected chi connectivity index (χ4v) is 3.36. The third kappa shape index (κ3) is 1.17. The lowest BCUT2D eigenvalue weighted by molar-refractivity contribution is 0.131. The topological polar surface area (TPSA) is 20.2 Å². The molecule has 1 nitrogen and oxygen atoms in total. The zero-order valence-electron chi connectivity index (χ0n) is 9.24. The summed E-state index contributed by atoms with van der Waals surface area (Å²) in [6.45, 7) is 8.97. The largest absolute Gasteiger partial charge is 0.388 e. The lowest BCUT2D eigenvalue weighted by Crippen LogP contribution is -2.03. The lowest BCUT2D eigenvalue weighted by atomic mass is 10.0. The van der Waals surface area contributed by atoms with Gasteiger partial charge in [0.05, 0.1) is 6.10 Å². The first kappa shape index (κ1) is 10.2. The van der Waals surface area contributed by atoms with Gasteiger partial charge in [-0.3, -0.25) is 0 Å². The summed E-state index contributed by atoms with van der Waals surface area (Å²) in [6.07, 6.45) is -0.286. The number of rotatable bonds is 2. The van der Waals surface area contributed by atoms with Gasteiger partial charge < -0.3 is 5.11 Å². The van der Waals surface area contributed by atoms with Crippen molar-refractivity contribution in [3.63, 3.8) is 0 Å². The molecule has 0 spiro atoms. The average Bonchev–Trinajstić information content (AvgIpc) is 2.53. The molecule has 0 bridgehead atoms. The molecule has 14 heavy (non-hydrogen) atoms. The Morgan fingerprint density at radius 3 is 2.21 bits per heavy atom. The van der Waals surface area contributed by atoms with Crippen LogP contribution >= 0.6 is 11.3 Å². The summed E-state index contributed by atoms with van der Waals surface area (Å²) in [4.78, 5) is 0. The summed E-state index contributed by atoms with van der Waals surface area (Å²) in [5, 5.41) is 14.3. The van der Waals surface area contributed by atoms with Crippen LogP contribution in [0.1, 0.15) is 39.4 Å². The first-order valence-corrected chi connectivity index (χ1v) is 6.03. The van der Waals surface area contributed by atoms with Crippen molar-refractivity contribution in [1.29, 1.82) is 0 Å². The fourth-order valence-electron chi connectivity index (χ4n) is 2.67. The summed E-state index contributed by atoms with van der Waals surface area (Å²) in [6, 6.07) is 2.03.